The van der Waals surface area contributed by atoms with Gasteiger partial charge in [-0.15, -0.1) is 0 Å². The number of nitrogens with two attached hydrogens (primary N) is 1. The summed E-state index contributed by atoms with van der Waals surface area (Å²) in [5, 5.41) is 7.43. The van der Waals surface area contributed by atoms with E-state index in [1.165, 1.54) is 0 Å². The third-order valence-corrected chi connectivity index (χ3v) is 2.87. The molecule has 0 radical (unpaired) electrons. The van der Waals surface area contributed by atoms with Gasteiger partial charge in [-0.2, -0.15) is 0 Å². The van der Waals surface area contributed by atoms with Crippen molar-refractivity contribution in [3.05, 3.63) is 59.4 Å². The van der Waals surface area contributed by atoms with Gasteiger partial charge in [0.15, 0.2) is 0 Å². The van der Waals surface area contributed by atoms with E-state index in [0.29, 0.717) is 12.2 Å². The highest BCUT2D eigenvalue weighted by Gasteiger charge is 2.04. The highest BCUT2D eigenvalue weighted by molar-refractivity contribution is 5.95. The highest BCUT2D eigenvalue weighted by atomic mass is 16.5. The first-order chi connectivity index (χ1) is 9.16. The summed E-state index contributed by atoms with van der Waals surface area (Å²) in [4.78, 5) is 4.06. The van der Waals surface area contributed by atoms with E-state index in [2.05, 4.69) is 4.98 Å². The maximum Gasteiger partial charge on any atom is 0.122 e. The van der Waals surface area contributed by atoms with E-state index in [9.17, 15) is 0 Å². The van der Waals surface area contributed by atoms with E-state index in [1.54, 1.807) is 12.3 Å². The molecule has 0 bridgehead atoms. The SMILES string of the molecule is Cc1ccc(C(=N)N)cc1OCCc1cccnc1. The minimum Gasteiger partial charge on any atom is -0.493 e. The molecule has 2 aromatic rings. The van der Waals surface area contributed by atoms with Gasteiger partial charge in [-0.3, -0.25) is 10.4 Å². The van der Waals surface area contributed by atoms with Crippen LogP contribution in [0.1, 0.15) is 16.7 Å². The molecule has 4 nitrogen and oxygen atoms in total. The van der Waals surface area contributed by atoms with E-state index < -0.39 is 0 Å². The number of amidine groups is 1. The maximum absolute atomic E-state index is 7.43. The van der Waals surface area contributed by atoms with Gasteiger partial charge >= 0.3 is 0 Å². The molecular weight excluding hydrogens is 238 g/mol. The molecule has 0 saturated heterocycles. The molecule has 0 saturated carbocycles. The number of pyridine rings is 1. The molecule has 0 aliphatic carbocycles. The summed E-state index contributed by atoms with van der Waals surface area (Å²) in [5.41, 5.74) is 8.33. The molecule has 3 N–H and O–H groups in total. The van der Waals surface area contributed by atoms with Crippen LogP contribution in [-0.2, 0) is 6.42 Å². The van der Waals surface area contributed by atoms with Crippen molar-refractivity contribution in [3.63, 3.8) is 0 Å². The molecule has 19 heavy (non-hydrogen) atoms. The monoisotopic (exact) mass is 255 g/mol. The van der Waals surface area contributed by atoms with Gasteiger partial charge in [-0.25, -0.2) is 0 Å². The van der Waals surface area contributed by atoms with Crippen LogP contribution < -0.4 is 10.5 Å². The van der Waals surface area contributed by atoms with Crippen LogP contribution in [-0.4, -0.2) is 17.4 Å². The van der Waals surface area contributed by atoms with Gasteiger partial charge in [0.05, 0.1) is 6.61 Å². The van der Waals surface area contributed by atoms with E-state index in [0.717, 1.165) is 23.3 Å². The standard InChI is InChI=1S/C15H17N3O/c1-11-4-5-13(15(16)17)9-14(11)19-8-6-12-3-2-7-18-10-12/h2-5,7,9-10H,6,8H2,1H3,(H3,16,17). The number of benzene rings is 1. The lowest BCUT2D eigenvalue weighted by molar-refractivity contribution is 0.319. The maximum atomic E-state index is 7.43. The minimum atomic E-state index is 0.0529. The van der Waals surface area contributed by atoms with Crippen LogP contribution in [0.2, 0.25) is 0 Å². The number of hydrogen-bond acceptors (Lipinski definition) is 3. The van der Waals surface area contributed by atoms with Crippen LogP contribution in [0.4, 0.5) is 0 Å². The quantitative estimate of drug-likeness (QED) is 0.636. The Balaban J connectivity index is 1.99. The molecule has 98 valence electrons. The Hall–Kier alpha value is -2.36. The van der Waals surface area contributed by atoms with Crippen LogP contribution in [0.3, 0.4) is 0 Å². The first kappa shape index (κ1) is 13.1. The lowest BCUT2D eigenvalue weighted by Gasteiger charge is -2.10. The van der Waals surface area contributed by atoms with Gasteiger partial charge in [0, 0.05) is 24.4 Å². The molecule has 0 unspecified atom stereocenters. The third kappa shape index (κ3) is 3.55. The zero-order valence-electron chi connectivity index (χ0n) is 10.9. The first-order valence-electron chi connectivity index (χ1n) is 6.13. The molecule has 1 aromatic heterocycles. The molecule has 0 aliphatic heterocycles. The number of aryl methyl sites for hydroxylation is 1. The number of rotatable bonds is 5. The summed E-state index contributed by atoms with van der Waals surface area (Å²) < 4.78 is 5.75. The van der Waals surface area contributed by atoms with Crippen LogP contribution >= 0.6 is 0 Å². The molecule has 0 amide bonds. The molecule has 0 aliphatic rings. The summed E-state index contributed by atoms with van der Waals surface area (Å²) in [7, 11) is 0. The zero-order valence-corrected chi connectivity index (χ0v) is 10.9. The molecule has 1 heterocycles. The van der Waals surface area contributed by atoms with E-state index >= 15 is 0 Å². The zero-order chi connectivity index (χ0) is 13.7. The van der Waals surface area contributed by atoms with Crippen molar-refractivity contribution in [3.8, 4) is 5.75 Å². The number of hydrogen-bond donors (Lipinski definition) is 2. The first-order valence-corrected chi connectivity index (χ1v) is 6.13. The second-order valence-corrected chi connectivity index (χ2v) is 4.35. The van der Waals surface area contributed by atoms with Gasteiger partial charge < -0.3 is 10.5 Å². The summed E-state index contributed by atoms with van der Waals surface area (Å²) in [6, 6.07) is 9.48. The summed E-state index contributed by atoms with van der Waals surface area (Å²) in [5.74, 6) is 0.827. The molecular formula is C15H17N3O. The number of nitrogen functional groups attached to an aromatic ring is 1. The fourth-order valence-electron chi connectivity index (χ4n) is 1.75. The van der Waals surface area contributed by atoms with Crippen molar-refractivity contribution in [2.24, 2.45) is 5.73 Å². The third-order valence-electron chi connectivity index (χ3n) is 2.87. The fourth-order valence-corrected chi connectivity index (χ4v) is 1.75. The molecule has 0 fully saturated rings. The number of nitrogens with one attached hydrogen (secondary N) is 1. The Bertz CT molecular complexity index is 567. The van der Waals surface area contributed by atoms with E-state index in [1.807, 2.05) is 37.4 Å². The van der Waals surface area contributed by atoms with E-state index in [-0.39, 0.29) is 5.84 Å². The summed E-state index contributed by atoms with van der Waals surface area (Å²) >= 11 is 0. The van der Waals surface area contributed by atoms with Gasteiger partial charge in [-0.1, -0.05) is 18.2 Å². The largest absolute Gasteiger partial charge is 0.493 e. The van der Waals surface area contributed by atoms with Crippen LogP contribution in [0.25, 0.3) is 0 Å². The van der Waals surface area contributed by atoms with Gasteiger partial charge in [-0.05, 0) is 30.2 Å². The van der Waals surface area contributed by atoms with Gasteiger partial charge in [0.1, 0.15) is 11.6 Å². The van der Waals surface area contributed by atoms with Crippen molar-refractivity contribution < 1.29 is 4.74 Å². The van der Waals surface area contributed by atoms with Crippen molar-refractivity contribution in [2.75, 3.05) is 6.61 Å². The predicted octanol–water partition coefficient (Wildman–Crippen LogP) is 2.30. The normalized spacial score (nSPS) is 10.2. The molecule has 0 spiro atoms. The fraction of sp³-hybridized carbons (Fsp3) is 0.200. The molecule has 1 aromatic carbocycles. The Kier molecular flexibility index (Phi) is 4.13. The van der Waals surface area contributed by atoms with Crippen LogP contribution in [0.5, 0.6) is 5.75 Å². The van der Waals surface area contributed by atoms with Crippen LogP contribution in [0.15, 0.2) is 42.7 Å². The highest BCUT2D eigenvalue weighted by Crippen LogP contribution is 2.19. The van der Waals surface area contributed by atoms with Crippen molar-refractivity contribution >= 4 is 5.84 Å². The number of aromatic nitrogens is 1. The topological polar surface area (TPSA) is 72.0 Å². The Morgan fingerprint density at radius 2 is 2.21 bits per heavy atom. The lowest BCUT2D eigenvalue weighted by Crippen LogP contribution is -2.11. The Morgan fingerprint density at radius 1 is 1.37 bits per heavy atom. The number of ether oxygens (including phenoxy) is 1. The van der Waals surface area contributed by atoms with Crippen molar-refractivity contribution in [2.45, 2.75) is 13.3 Å². The Labute approximate surface area is 112 Å². The predicted molar refractivity (Wildman–Crippen MR) is 75.6 cm³/mol. The molecule has 0 atom stereocenters. The lowest BCUT2D eigenvalue weighted by atomic mass is 10.1. The second kappa shape index (κ2) is 6.00. The number of nitrogens with zero attached hydrogens (tertiary/aromatic N) is 1. The average molecular weight is 255 g/mol. The smallest absolute Gasteiger partial charge is 0.122 e. The Morgan fingerprint density at radius 3 is 2.89 bits per heavy atom. The van der Waals surface area contributed by atoms with Crippen molar-refractivity contribution in [1.82, 2.24) is 4.98 Å². The van der Waals surface area contributed by atoms with Crippen molar-refractivity contribution in [1.29, 1.82) is 5.41 Å². The minimum absolute atomic E-state index is 0.0529. The molecule has 2 rings (SSSR count). The van der Waals surface area contributed by atoms with Gasteiger partial charge in [0.25, 0.3) is 0 Å². The summed E-state index contributed by atoms with van der Waals surface area (Å²) in [6.07, 6.45) is 4.39. The molecule has 4 heteroatoms. The van der Waals surface area contributed by atoms with E-state index in [4.69, 9.17) is 15.9 Å². The second-order valence-electron chi connectivity index (χ2n) is 4.35. The average Bonchev–Trinajstić information content (AvgIpc) is 2.42. The van der Waals surface area contributed by atoms with Gasteiger partial charge in [0.2, 0.25) is 0 Å². The summed E-state index contributed by atoms with van der Waals surface area (Å²) in [6.45, 7) is 2.55. The van der Waals surface area contributed by atoms with Crippen LogP contribution in [0, 0.1) is 12.3 Å².